The normalized spacial score (nSPS) is 37.3. The number of epoxide rings is 1. The van der Waals surface area contributed by atoms with Crippen molar-refractivity contribution in [1.82, 2.24) is 0 Å². The van der Waals surface area contributed by atoms with Crippen LogP contribution in [0, 0.1) is 5.92 Å². The van der Waals surface area contributed by atoms with E-state index < -0.39 is 0 Å². The molecule has 2 heterocycles. The van der Waals surface area contributed by atoms with Gasteiger partial charge in [0.15, 0.2) is 0 Å². The molecule has 0 N–H and O–H groups in total. The molecule has 2 fully saturated rings. The van der Waals surface area contributed by atoms with Crippen LogP contribution in [0.5, 0.6) is 0 Å². The highest BCUT2D eigenvalue weighted by Gasteiger charge is 2.61. The zero-order valence-electron chi connectivity index (χ0n) is 12.2. The van der Waals surface area contributed by atoms with E-state index in [1.165, 1.54) is 0 Å². The molecule has 2 rings (SSSR count). The van der Waals surface area contributed by atoms with Crippen LogP contribution < -0.4 is 0 Å². The molecule has 0 spiro atoms. The molecule has 2 saturated heterocycles. The van der Waals surface area contributed by atoms with Crippen LogP contribution in [0.3, 0.4) is 0 Å². The Labute approximate surface area is 115 Å². The van der Waals surface area contributed by atoms with Crippen LogP contribution in [-0.4, -0.2) is 23.8 Å². The smallest absolute Gasteiger partial charge is 0.334 e. The molecule has 106 valence electrons. The number of ether oxygens (including phenoxy) is 2. The predicted octanol–water partition coefficient (Wildman–Crippen LogP) is 3.40. The molecule has 0 aromatic rings. The summed E-state index contributed by atoms with van der Waals surface area (Å²) in [4.78, 5) is 11.7. The quantitative estimate of drug-likeness (QED) is 0.319. The van der Waals surface area contributed by atoms with Gasteiger partial charge < -0.3 is 9.47 Å². The number of allylic oxidation sites excluding steroid dienone is 1. The van der Waals surface area contributed by atoms with Gasteiger partial charge in [0.2, 0.25) is 0 Å². The first-order valence-electron chi connectivity index (χ1n) is 7.11. The van der Waals surface area contributed by atoms with Crippen molar-refractivity contribution in [2.24, 2.45) is 5.92 Å². The SMILES string of the molecule is C=C(C)CC[C@H]1C(=C)C(=O)O[C@@H]1C1O[C@]1(C)CCC. The van der Waals surface area contributed by atoms with Crippen LogP contribution in [0.15, 0.2) is 24.3 Å². The summed E-state index contributed by atoms with van der Waals surface area (Å²) in [5, 5.41) is 0. The second kappa shape index (κ2) is 5.12. The molecule has 0 amide bonds. The molecule has 19 heavy (non-hydrogen) atoms. The Kier molecular flexibility index (Phi) is 3.86. The maximum Gasteiger partial charge on any atom is 0.334 e. The summed E-state index contributed by atoms with van der Waals surface area (Å²) in [7, 11) is 0. The molecule has 0 radical (unpaired) electrons. The summed E-state index contributed by atoms with van der Waals surface area (Å²) in [6, 6.07) is 0. The molecule has 0 aromatic carbocycles. The predicted molar refractivity (Wildman–Crippen MR) is 74.7 cm³/mol. The highest BCUT2D eigenvalue weighted by atomic mass is 16.6. The Morgan fingerprint density at radius 1 is 1.47 bits per heavy atom. The summed E-state index contributed by atoms with van der Waals surface area (Å²) in [5.74, 6) is -0.182. The van der Waals surface area contributed by atoms with Crippen LogP contribution in [-0.2, 0) is 14.3 Å². The van der Waals surface area contributed by atoms with Gasteiger partial charge in [0, 0.05) is 11.5 Å². The van der Waals surface area contributed by atoms with Gasteiger partial charge in [-0.05, 0) is 33.1 Å². The fourth-order valence-corrected chi connectivity index (χ4v) is 3.01. The fourth-order valence-electron chi connectivity index (χ4n) is 3.01. The van der Waals surface area contributed by atoms with Crippen molar-refractivity contribution < 1.29 is 14.3 Å². The number of esters is 1. The minimum absolute atomic E-state index is 0.0331. The van der Waals surface area contributed by atoms with Crippen molar-refractivity contribution in [1.29, 1.82) is 0 Å². The van der Waals surface area contributed by atoms with Gasteiger partial charge in [0.25, 0.3) is 0 Å². The molecule has 0 saturated carbocycles. The molecule has 2 aliphatic rings. The molecule has 2 aliphatic heterocycles. The summed E-state index contributed by atoms with van der Waals surface area (Å²) >= 11 is 0. The van der Waals surface area contributed by atoms with Gasteiger partial charge in [-0.1, -0.05) is 25.5 Å². The van der Waals surface area contributed by atoms with E-state index in [1.807, 2.05) is 6.92 Å². The van der Waals surface area contributed by atoms with Gasteiger partial charge >= 0.3 is 5.97 Å². The van der Waals surface area contributed by atoms with Crippen LogP contribution in [0.25, 0.3) is 0 Å². The first-order valence-corrected chi connectivity index (χ1v) is 7.11. The van der Waals surface area contributed by atoms with Crippen molar-refractivity contribution in [2.45, 2.75) is 64.3 Å². The summed E-state index contributed by atoms with van der Waals surface area (Å²) < 4.78 is 11.3. The molecular formula is C16H24O3. The van der Waals surface area contributed by atoms with Crippen molar-refractivity contribution in [3.63, 3.8) is 0 Å². The first kappa shape index (κ1) is 14.3. The molecule has 0 bridgehead atoms. The first-order chi connectivity index (χ1) is 8.89. The lowest BCUT2D eigenvalue weighted by Gasteiger charge is -2.17. The minimum Gasteiger partial charge on any atom is -0.455 e. The van der Waals surface area contributed by atoms with E-state index in [4.69, 9.17) is 9.47 Å². The fraction of sp³-hybridized carbons (Fsp3) is 0.688. The Hall–Kier alpha value is -1.09. The third kappa shape index (κ3) is 2.76. The summed E-state index contributed by atoms with van der Waals surface area (Å²) in [5.41, 5.74) is 1.60. The highest BCUT2D eigenvalue weighted by Crippen LogP contribution is 2.49. The summed E-state index contributed by atoms with van der Waals surface area (Å²) in [6.07, 6.45) is 3.72. The lowest BCUT2D eigenvalue weighted by molar-refractivity contribution is -0.140. The van der Waals surface area contributed by atoms with Crippen molar-refractivity contribution in [2.75, 3.05) is 0 Å². The van der Waals surface area contributed by atoms with E-state index in [1.54, 1.807) is 0 Å². The Morgan fingerprint density at radius 2 is 2.16 bits per heavy atom. The van der Waals surface area contributed by atoms with Gasteiger partial charge in [-0.3, -0.25) is 0 Å². The Bertz CT molecular complexity index is 412. The molecule has 3 nitrogen and oxygen atoms in total. The van der Waals surface area contributed by atoms with E-state index in [-0.39, 0.29) is 29.7 Å². The van der Waals surface area contributed by atoms with Gasteiger partial charge in [-0.25, -0.2) is 4.79 Å². The number of rotatable bonds is 6. The second-order valence-corrected chi connectivity index (χ2v) is 6.10. The third-order valence-electron chi connectivity index (χ3n) is 4.22. The van der Waals surface area contributed by atoms with E-state index in [0.29, 0.717) is 5.57 Å². The number of carbonyl (C=O) groups excluding carboxylic acids is 1. The number of carbonyl (C=O) groups is 1. The van der Waals surface area contributed by atoms with Crippen molar-refractivity contribution >= 4 is 5.97 Å². The lowest BCUT2D eigenvalue weighted by Crippen LogP contribution is -2.28. The van der Waals surface area contributed by atoms with E-state index >= 15 is 0 Å². The van der Waals surface area contributed by atoms with Gasteiger partial charge in [0.1, 0.15) is 12.2 Å². The van der Waals surface area contributed by atoms with Crippen molar-refractivity contribution in [3.05, 3.63) is 24.3 Å². The third-order valence-corrected chi connectivity index (χ3v) is 4.22. The van der Waals surface area contributed by atoms with Gasteiger partial charge in [0.05, 0.1) is 5.60 Å². The maximum atomic E-state index is 11.7. The van der Waals surface area contributed by atoms with Crippen LogP contribution in [0.2, 0.25) is 0 Å². The Morgan fingerprint density at radius 3 is 2.74 bits per heavy atom. The summed E-state index contributed by atoms with van der Waals surface area (Å²) in [6.45, 7) is 14.1. The zero-order chi connectivity index (χ0) is 14.2. The Balaban J connectivity index is 2.04. The molecule has 3 heteroatoms. The average Bonchev–Trinajstić information content (AvgIpc) is 2.90. The lowest BCUT2D eigenvalue weighted by atomic mass is 9.85. The van der Waals surface area contributed by atoms with E-state index in [2.05, 4.69) is 27.0 Å². The monoisotopic (exact) mass is 264 g/mol. The zero-order valence-corrected chi connectivity index (χ0v) is 12.2. The topological polar surface area (TPSA) is 38.8 Å². The largest absolute Gasteiger partial charge is 0.455 e. The molecular weight excluding hydrogens is 240 g/mol. The number of cyclic esters (lactones) is 1. The number of hydrogen-bond donors (Lipinski definition) is 0. The standard InChI is InChI=1S/C16H24O3/c1-6-9-16(5)14(19-16)13-12(8-7-10(2)3)11(4)15(17)18-13/h12-14H,2,4,6-9H2,1,3,5H3/t12-,13-,14?,16+/m0/s1. The molecule has 0 aliphatic carbocycles. The van der Waals surface area contributed by atoms with Crippen LogP contribution in [0.1, 0.15) is 46.5 Å². The maximum absolute atomic E-state index is 11.7. The van der Waals surface area contributed by atoms with Crippen LogP contribution in [0.4, 0.5) is 0 Å². The van der Waals surface area contributed by atoms with Crippen molar-refractivity contribution in [3.8, 4) is 0 Å². The van der Waals surface area contributed by atoms with E-state index in [0.717, 1.165) is 31.3 Å². The second-order valence-electron chi connectivity index (χ2n) is 6.10. The van der Waals surface area contributed by atoms with Gasteiger partial charge in [-0.2, -0.15) is 0 Å². The minimum atomic E-state index is -0.258. The molecule has 4 atom stereocenters. The molecule has 1 unspecified atom stereocenters. The molecule has 0 aromatic heterocycles. The van der Waals surface area contributed by atoms with Gasteiger partial charge in [-0.15, -0.1) is 6.58 Å². The highest BCUT2D eigenvalue weighted by molar-refractivity contribution is 5.91. The number of hydrogen-bond acceptors (Lipinski definition) is 3. The van der Waals surface area contributed by atoms with E-state index in [9.17, 15) is 4.79 Å². The van der Waals surface area contributed by atoms with Crippen LogP contribution >= 0.6 is 0 Å². The average molecular weight is 264 g/mol.